The molecule has 0 saturated carbocycles. The van der Waals surface area contributed by atoms with Crippen molar-refractivity contribution in [2.75, 3.05) is 0 Å². The number of pyridine rings is 1. The highest BCUT2D eigenvalue weighted by atomic mass is 14.9. The van der Waals surface area contributed by atoms with Gasteiger partial charge in [0.1, 0.15) is 0 Å². The van der Waals surface area contributed by atoms with Crippen molar-refractivity contribution in [2.45, 2.75) is 0 Å². The van der Waals surface area contributed by atoms with Crippen molar-refractivity contribution in [2.24, 2.45) is 0 Å². The maximum absolute atomic E-state index is 5.39. The highest BCUT2D eigenvalue weighted by molar-refractivity contribution is 6.18. The molecule has 0 fully saturated rings. The van der Waals surface area contributed by atoms with Crippen LogP contribution < -0.4 is 0 Å². The third-order valence-electron chi connectivity index (χ3n) is 8.96. The van der Waals surface area contributed by atoms with Crippen molar-refractivity contribution in [1.29, 1.82) is 0 Å². The van der Waals surface area contributed by atoms with Crippen molar-refractivity contribution in [3.05, 3.63) is 164 Å². The third kappa shape index (κ3) is 4.25. The standard InChI is InChI=1S/C43H27N3/c1-3-10-29(11-4-1)40-41(30-12-5-2-6-13-30)46-43(32-24-26-44-27-25-32)42(45-40)31-20-18-28(19-21-31)33-22-23-38-35-15-8-7-14-34(35)37-17-9-16-36(33)39(37)38/h1-27H. The van der Waals surface area contributed by atoms with Gasteiger partial charge in [-0.1, -0.05) is 140 Å². The first-order valence-corrected chi connectivity index (χ1v) is 15.5. The molecule has 2 aromatic heterocycles. The fourth-order valence-corrected chi connectivity index (χ4v) is 6.81. The molecule has 0 amide bonds. The van der Waals surface area contributed by atoms with Gasteiger partial charge < -0.3 is 0 Å². The average molecular weight is 586 g/mol. The summed E-state index contributed by atoms with van der Waals surface area (Å²) in [6.45, 7) is 0. The molecule has 0 aliphatic heterocycles. The predicted octanol–water partition coefficient (Wildman–Crippen LogP) is 11.0. The van der Waals surface area contributed by atoms with Crippen LogP contribution in [0.5, 0.6) is 0 Å². The van der Waals surface area contributed by atoms with Crippen LogP contribution in [0, 0.1) is 0 Å². The summed E-state index contributed by atoms with van der Waals surface area (Å²) in [5.74, 6) is 0. The van der Waals surface area contributed by atoms with E-state index in [4.69, 9.17) is 9.97 Å². The SMILES string of the molecule is c1ccc(-c2nc(-c3ccncc3)c(-c3ccc(-c4ccc5c6c(cccc46)-c4ccccc4-5)cc3)nc2-c2ccccc2)cc1. The molecule has 214 valence electrons. The third-order valence-corrected chi connectivity index (χ3v) is 8.96. The average Bonchev–Trinajstić information content (AvgIpc) is 3.47. The first-order chi connectivity index (χ1) is 22.8. The second kappa shape index (κ2) is 10.8. The van der Waals surface area contributed by atoms with E-state index < -0.39 is 0 Å². The van der Waals surface area contributed by atoms with Gasteiger partial charge in [0.25, 0.3) is 0 Å². The van der Waals surface area contributed by atoms with Crippen LogP contribution in [0.2, 0.25) is 0 Å². The summed E-state index contributed by atoms with van der Waals surface area (Å²) in [6, 6.07) is 53.4. The second-order valence-corrected chi connectivity index (χ2v) is 11.6. The van der Waals surface area contributed by atoms with Gasteiger partial charge in [-0.05, 0) is 56.3 Å². The van der Waals surface area contributed by atoms with Gasteiger partial charge in [0, 0.05) is 34.6 Å². The molecule has 0 radical (unpaired) electrons. The number of hydrogen-bond donors (Lipinski definition) is 0. The zero-order valence-electron chi connectivity index (χ0n) is 24.9. The lowest BCUT2D eigenvalue weighted by atomic mass is 9.93. The van der Waals surface area contributed by atoms with Crippen LogP contribution in [0.15, 0.2) is 164 Å². The maximum Gasteiger partial charge on any atom is 0.0974 e. The fraction of sp³-hybridized carbons (Fsp3) is 0. The minimum atomic E-state index is 0.830. The first-order valence-electron chi connectivity index (χ1n) is 15.5. The van der Waals surface area contributed by atoms with Crippen LogP contribution >= 0.6 is 0 Å². The van der Waals surface area contributed by atoms with E-state index in [1.807, 2.05) is 60.9 Å². The van der Waals surface area contributed by atoms with Crippen LogP contribution in [0.25, 0.3) is 89.2 Å². The van der Waals surface area contributed by atoms with Crippen LogP contribution in [0.3, 0.4) is 0 Å². The van der Waals surface area contributed by atoms with Crippen molar-refractivity contribution in [1.82, 2.24) is 15.0 Å². The minimum Gasteiger partial charge on any atom is -0.265 e. The maximum atomic E-state index is 5.39. The lowest BCUT2D eigenvalue weighted by molar-refractivity contribution is 1.21. The monoisotopic (exact) mass is 585 g/mol. The van der Waals surface area contributed by atoms with E-state index >= 15 is 0 Å². The van der Waals surface area contributed by atoms with E-state index in [1.54, 1.807) is 0 Å². The van der Waals surface area contributed by atoms with E-state index in [9.17, 15) is 0 Å². The smallest absolute Gasteiger partial charge is 0.0974 e. The molecule has 0 saturated heterocycles. The molecule has 1 aliphatic rings. The zero-order chi connectivity index (χ0) is 30.5. The van der Waals surface area contributed by atoms with Crippen LogP contribution in [0.1, 0.15) is 0 Å². The number of nitrogens with zero attached hydrogens (tertiary/aromatic N) is 3. The predicted molar refractivity (Wildman–Crippen MR) is 189 cm³/mol. The van der Waals surface area contributed by atoms with E-state index in [0.717, 1.165) is 45.0 Å². The molecule has 1 aliphatic carbocycles. The summed E-state index contributed by atoms with van der Waals surface area (Å²) in [4.78, 5) is 15.0. The topological polar surface area (TPSA) is 38.7 Å². The molecule has 3 heteroatoms. The Morgan fingerprint density at radius 1 is 0.283 bits per heavy atom. The second-order valence-electron chi connectivity index (χ2n) is 11.6. The summed E-state index contributed by atoms with van der Waals surface area (Å²) < 4.78 is 0. The van der Waals surface area contributed by atoms with Crippen molar-refractivity contribution in [3.8, 4) is 78.4 Å². The van der Waals surface area contributed by atoms with Gasteiger partial charge in [-0.2, -0.15) is 0 Å². The van der Waals surface area contributed by atoms with Gasteiger partial charge in [0.2, 0.25) is 0 Å². The van der Waals surface area contributed by atoms with Crippen molar-refractivity contribution in [3.63, 3.8) is 0 Å². The molecule has 0 N–H and O–H groups in total. The molecule has 0 spiro atoms. The van der Waals surface area contributed by atoms with Gasteiger partial charge in [0.15, 0.2) is 0 Å². The molecule has 0 bridgehead atoms. The Kier molecular flexibility index (Phi) is 6.14. The number of rotatable bonds is 5. The molecular weight excluding hydrogens is 558 g/mol. The Morgan fingerprint density at radius 2 is 0.717 bits per heavy atom. The first kappa shape index (κ1) is 26.2. The minimum absolute atomic E-state index is 0.830. The highest BCUT2D eigenvalue weighted by Gasteiger charge is 2.23. The fourth-order valence-electron chi connectivity index (χ4n) is 6.81. The van der Waals surface area contributed by atoms with Crippen LogP contribution in [-0.4, -0.2) is 15.0 Å². The summed E-state index contributed by atoms with van der Waals surface area (Å²) in [7, 11) is 0. The lowest BCUT2D eigenvalue weighted by Crippen LogP contribution is -2.01. The van der Waals surface area contributed by atoms with Crippen molar-refractivity contribution < 1.29 is 0 Å². The molecule has 6 aromatic carbocycles. The van der Waals surface area contributed by atoms with E-state index in [-0.39, 0.29) is 0 Å². The zero-order valence-corrected chi connectivity index (χ0v) is 24.9. The van der Waals surface area contributed by atoms with Crippen molar-refractivity contribution >= 4 is 10.8 Å². The molecule has 46 heavy (non-hydrogen) atoms. The normalized spacial score (nSPS) is 11.5. The van der Waals surface area contributed by atoms with Gasteiger partial charge in [-0.3, -0.25) is 4.98 Å². The van der Waals surface area contributed by atoms with Gasteiger partial charge in [-0.15, -0.1) is 0 Å². The molecule has 8 aromatic rings. The molecule has 0 atom stereocenters. The molecule has 2 heterocycles. The Balaban J connectivity index is 1.21. The molecule has 3 nitrogen and oxygen atoms in total. The van der Waals surface area contributed by atoms with Crippen LogP contribution in [0.4, 0.5) is 0 Å². The number of aromatic nitrogens is 3. The van der Waals surface area contributed by atoms with Gasteiger partial charge in [-0.25, -0.2) is 9.97 Å². The number of hydrogen-bond acceptors (Lipinski definition) is 3. The summed E-state index contributed by atoms with van der Waals surface area (Å²) in [5, 5.41) is 2.61. The lowest BCUT2D eigenvalue weighted by Gasteiger charge is -2.16. The summed E-state index contributed by atoms with van der Waals surface area (Å²) >= 11 is 0. The molecule has 0 unspecified atom stereocenters. The Hall–Kier alpha value is -6.19. The number of benzene rings is 6. The molecule has 9 rings (SSSR count). The quantitative estimate of drug-likeness (QED) is 0.202. The van der Waals surface area contributed by atoms with E-state index in [0.29, 0.717) is 0 Å². The molecular formula is C43H27N3. The van der Waals surface area contributed by atoms with Crippen LogP contribution in [-0.2, 0) is 0 Å². The van der Waals surface area contributed by atoms with Gasteiger partial charge in [0.05, 0.1) is 22.8 Å². The number of fused-ring (bicyclic) bond motifs is 3. The highest BCUT2D eigenvalue weighted by Crippen LogP contribution is 2.49. The van der Waals surface area contributed by atoms with Gasteiger partial charge >= 0.3 is 0 Å². The Bertz CT molecular complexity index is 2350. The Labute approximate surface area is 267 Å². The largest absolute Gasteiger partial charge is 0.265 e. The Morgan fingerprint density at radius 3 is 1.30 bits per heavy atom. The summed E-state index contributed by atoms with van der Waals surface area (Å²) in [5.41, 5.74) is 15.1. The van der Waals surface area contributed by atoms with E-state index in [1.165, 1.54) is 44.2 Å². The van der Waals surface area contributed by atoms with E-state index in [2.05, 4.69) is 108 Å². The summed E-state index contributed by atoms with van der Waals surface area (Å²) in [6.07, 6.45) is 3.62.